The molecule has 1 aromatic carbocycles. The van der Waals surface area contributed by atoms with E-state index in [0.717, 1.165) is 11.3 Å². The summed E-state index contributed by atoms with van der Waals surface area (Å²) in [5, 5.41) is 8.94. The summed E-state index contributed by atoms with van der Waals surface area (Å²) >= 11 is 1.53. The lowest BCUT2D eigenvalue weighted by molar-refractivity contribution is -0.139. The molecule has 0 amide bonds. The molecule has 4 nitrogen and oxygen atoms in total. The summed E-state index contributed by atoms with van der Waals surface area (Å²) in [6, 6.07) is 6.84. The first-order valence-electron chi connectivity index (χ1n) is 5.62. The molecule has 0 aliphatic heterocycles. The van der Waals surface area contributed by atoms with E-state index >= 15 is 0 Å². The fraction of sp³-hybridized carbons (Fsp3) is 0.462. The van der Waals surface area contributed by atoms with Gasteiger partial charge in [-0.2, -0.15) is 0 Å². The third-order valence-electron chi connectivity index (χ3n) is 2.76. The molecule has 0 unspecified atom stereocenters. The number of hydrogen-bond acceptors (Lipinski definition) is 4. The summed E-state index contributed by atoms with van der Waals surface area (Å²) in [4.78, 5) is 10.9. The number of carboxylic acids is 1. The van der Waals surface area contributed by atoms with Crippen molar-refractivity contribution < 1.29 is 14.6 Å². The van der Waals surface area contributed by atoms with Crippen molar-refractivity contribution in [1.29, 1.82) is 0 Å². The lowest BCUT2D eigenvalue weighted by atomic mass is 10.1. The standard InChI is InChI=1S/C13H19NO3S/c1-13(2,11(14)12(15)16)18-8-9-5-4-6-10(7-9)17-3/h4-7,11H,8,14H2,1-3H3,(H,15,16)/t11-/m1/s1. The topological polar surface area (TPSA) is 72.5 Å². The van der Waals surface area contributed by atoms with Crippen LogP contribution < -0.4 is 10.5 Å². The number of ether oxygens (including phenoxy) is 1. The minimum Gasteiger partial charge on any atom is -0.497 e. The highest BCUT2D eigenvalue weighted by Gasteiger charge is 2.32. The van der Waals surface area contributed by atoms with E-state index in [1.807, 2.05) is 38.1 Å². The summed E-state index contributed by atoms with van der Waals surface area (Å²) in [7, 11) is 1.62. The van der Waals surface area contributed by atoms with Crippen LogP contribution in [0.4, 0.5) is 0 Å². The van der Waals surface area contributed by atoms with Crippen LogP contribution in [0.3, 0.4) is 0 Å². The van der Waals surface area contributed by atoms with E-state index < -0.39 is 16.8 Å². The monoisotopic (exact) mass is 269 g/mol. The largest absolute Gasteiger partial charge is 0.497 e. The van der Waals surface area contributed by atoms with Crippen LogP contribution in [0.15, 0.2) is 24.3 Å². The SMILES string of the molecule is COc1cccc(CSC(C)(C)[C@H](N)C(=O)O)c1. The van der Waals surface area contributed by atoms with Gasteiger partial charge in [0.05, 0.1) is 7.11 Å². The number of aliphatic carboxylic acids is 1. The van der Waals surface area contributed by atoms with Gasteiger partial charge in [-0.15, -0.1) is 11.8 Å². The van der Waals surface area contributed by atoms with Gasteiger partial charge in [0.25, 0.3) is 0 Å². The second-order valence-electron chi connectivity index (χ2n) is 4.56. The zero-order chi connectivity index (χ0) is 13.8. The molecule has 3 N–H and O–H groups in total. The quantitative estimate of drug-likeness (QED) is 0.827. The van der Waals surface area contributed by atoms with Crippen LogP contribution in [0.5, 0.6) is 5.75 Å². The van der Waals surface area contributed by atoms with Crippen molar-refractivity contribution >= 4 is 17.7 Å². The molecule has 0 aliphatic carbocycles. The molecule has 0 saturated carbocycles. The lowest BCUT2D eigenvalue weighted by Gasteiger charge is -2.28. The molecule has 0 aromatic heterocycles. The first-order valence-corrected chi connectivity index (χ1v) is 6.60. The Labute approximate surface area is 112 Å². The second-order valence-corrected chi connectivity index (χ2v) is 6.19. The van der Waals surface area contributed by atoms with Crippen molar-refractivity contribution in [2.24, 2.45) is 5.73 Å². The fourth-order valence-corrected chi connectivity index (χ4v) is 2.42. The van der Waals surface area contributed by atoms with E-state index in [2.05, 4.69) is 0 Å². The van der Waals surface area contributed by atoms with Crippen molar-refractivity contribution in [3.63, 3.8) is 0 Å². The van der Waals surface area contributed by atoms with Gasteiger partial charge in [0.15, 0.2) is 0 Å². The summed E-state index contributed by atoms with van der Waals surface area (Å²) in [6.45, 7) is 3.69. The van der Waals surface area contributed by atoms with Crippen LogP contribution in [0, 0.1) is 0 Å². The van der Waals surface area contributed by atoms with Crippen molar-refractivity contribution in [1.82, 2.24) is 0 Å². The van der Waals surface area contributed by atoms with Gasteiger partial charge in [-0.25, -0.2) is 0 Å². The molecular formula is C13H19NO3S. The molecule has 0 radical (unpaired) electrons. The third-order valence-corrected chi connectivity index (χ3v) is 4.24. The Hall–Kier alpha value is -1.20. The normalized spacial score (nSPS) is 13.1. The number of nitrogens with two attached hydrogens (primary N) is 1. The van der Waals surface area contributed by atoms with Crippen LogP contribution in [0.2, 0.25) is 0 Å². The van der Waals surface area contributed by atoms with E-state index in [1.165, 1.54) is 11.8 Å². The molecule has 0 aliphatic rings. The van der Waals surface area contributed by atoms with Gasteiger partial charge in [-0.3, -0.25) is 4.79 Å². The average molecular weight is 269 g/mol. The van der Waals surface area contributed by atoms with Crippen LogP contribution in [-0.4, -0.2) is 29.0 Å². The maximum absolute atomic E-state index is 10.9. The van der Waals surface area contributed by atoms with Crippen LogP contribution >= 0.6 is 11.8 Å². The first kappa shape index (κ1) is 14.9. The van der Waals surface area contributed by atoms with Gasteiger partial charge in [-0.1, -0.05) is 12.1 Å². The summed E-state index contributed by atoms with van der Waals surface area (Å²) in [5.41, 5.74) is 6.76. The highest BCUT2D eigenvalue weighted by molar-refractivity contribution is 7.99. The minimum atomic E-state index is -0.974. The highest BCUT2D eigenvalue weighted by atomic mass is 32.2. The molecule has 0 heterocycles. The molecule has 0 spiro atoms. The Bertz CT molecular complexity index is 420. The molecule has 100 valence electrons. The maximum Gasteiger partial charge on any atom is 0.321 e. The van der Waals surface area contributed by atoms with Gasteiger partial charge >= 0.3 is 5.97 Å². The molecule has 5 heteroatoms. The summed E-state index contributed by atoms with van der Waals surface area (Å²) < 4.78 is 4.63. The number of carboxylic acid groups (broad SMARTS) is 1. The van der Waals surface area contributed by atoms with Gasteiger partial charge in [-0.05, 0) is 31.5 Å². The van der Waals surface area contributed by atoms with E-state index in [1.54, 1.807) is 7.11 Å². The van der Waals surface area contributed by atoms with Gasteiger partial charge < -0.3 is 15.6 Å². The van der Waals surface area contributed by atoms with E-state index in [4.69, 9.17) is 15.6 Å². The number of benzene rings is 1. The molecule has 0 fully saturated rings. The minimum absolute atomic E-state index is 0.519. The van der Waals surface area contributed by atoms with Crippen molar-refractivity contribution in [2.75, 3.05) is 7.11 Å². The predicted octanol–water partition coefficient (Wildman–Crippen LogP) is 2.12. The Kier molecular flexibility index (Phi) is 5.04. The molecule has 0 saturated heterocycles. The highest BCUT2D eigenvalue weighted by Crippen LogP contribution is 2.31. The number of thioether (sulfide) groups is 1. The molecule has 1 atom stereocenters. The Morgan fingerprint density at radius 1 is 1.56 bits per heavy atom. The fourth-order valence-electron chi connectivity index (χ4n) is 1.42. The third kappa shape index (κ3) is 3.92. The van der Waals surface area contributed by atoms with E-state index in [9.17, 15) is 4.79 Å². The van der Waals surface area contributed by atoms with Gasteiger partial charge in [0.2, 0.25) is 0 Å². The van der Waals surface area contributed by atoms with Gasteiger partial charge in [0.1, 0.15) is 11.8 Å². The predicted molar refractivity (Wildman–Crippen MR) is 74.0 cm³/mol. The maximum atomic E-state index is 10.9. The molecule has 1 rings (SSSR count). The first-order chi connectivity index (χ1) is 8.36. The van der Waals surface area contributed by atoms with Crippen LogP contribution in [-0.2, 0) is 10.5 Å². The molecular weight excluding hydrogens is 250 g/mol. The Balaban J connectivity index is 2.66. The van der Waals surface area contributed by atoms with Crippen molar-refractivity contribution in [3.05, 3.63) is 29.8 Å². The number of rotatable bonds is 6. The summed E-state index contributed by atoms with van der Waals surface area (Å²) in [6.07, 6.45) is 0. The van der Waals surface area contributed by atoms with E-state index in [0.29, 0.717) is 5.75 Å². The second kappa shape index (κ2) is 6.11. The molecule has 0 bridgehead atoms. The Morgan fingerprint density at radius 2 is 2.22 bits per heavy atom. The molecule has 18 heavy (non-hydrogen) atoms. The number of carbonyl (C=O) groups is 1. The van der Waals surface area contributed by atoms with Crippen LogP contribution in [0.1, 0.15) is 19.4 Å². The van der Waals surface area contributed by atoms with Crippen LogP contribution in [0.25, 0.3) is 0 Å². The summed E-state index contributed by atoms with van der Waals surface area (Å²) in [5.74, 6) is 0.525. The molecule has 1 aromatic rings. The van der Waals surface area contributed by atoms with E-state index in [-0.39, 0.29) is 0 Å². The smallest absolute Gasteiger partial charge is 0.321 e. The number of hydrogen-bond donors (Lipinski definition) is 2. The van der Waals surface area contributed by atoms with Crippen molar-refractivity contribution in [2.45, 2.75) is 30.4 Å². The average Bonchev–Trinajstić information content (AvgIpc) is 2.35. The van der Waals surface area contributed by atoms with Gasteiger partial charge in [0, 0.05) is 10.5 Å². The lowest BCUT2D eigenvalue weighted by Crippen LogP contribution is -2.46. The zero-order valence-electron chi connectivity index (χ0n) is 10.8. The number of methoxy groups -OCH3 is 1. The van der Waals surface area contributed by atoms with Crippen molar-refractivity contribution in [3.8, 4) is 5.75 Å². The Morgan fingerprint density at radius 3 is 2.78 bits per heavy atom. The zero-order valence-corrected chi connectivity index (χ0v) is 11.7.